The largest absolute Gasteiger partial charge is 0.476 e. The monoisotopic (exact) mass is 250 g/mol. The highest BCUT2D eigenvalue weighted by molar-refractivity contribution is 5.30. The molecule has 0 aliphatic heterocycles. The smallest absolute Gasteiger partial charge is 0.181 e. The van der Waals surface area contributed by atoms with Gasteiger partial charge in [0.15, 0.2) is 6.10 Å². The van der Waals surface area contributed by atoms with Gasteiger partial charge in [-0.05, 0) is 45.4 Å². The number of rotatable bonds is 4. The Balaban J connectivity index is 2.78. The molecule has 1 aromatic carbocycles. The molecule has 0 saturated heterocycles. The Morgan fingerprint density at radius 1 is 1.39 bits per heavy atom. The molecule has 0 bridgehead atoms. The van der Waals surface area contributed by atoms with E-state index < -0.39 is 6.10 Å². The van der Waals surface area contributed by atoms with Crippen LogP contribution < -0.4 is 10.1 Å². The summed E-state index contributed by atoms with van der Waals surface area (Å²) in [5, 5.41) is 11.9. The van der Waals surface area contributed by atoms with Crippen molar-refractivity contribution in [3.05, 3.63) is 29.6 Å². The Hall–Kier alpha value is -1.60. The number of hydrogen-bond acceptors (Lipinski definition) is 3. The SMILES string of the molecule is CC(C#N)Oc1cc(F)cc(CNC(C)(C)C)c1. The second-order valence-corrected chi connectivity index (χ2v) is 5.29. The van der Waals surface area contributed by atoms with Gasteiger partial charge < -0.3 is 10.1 Å². The average molecular weight is 250 g/mol. The molecule has 98 valence electrons. The molecule has 3 nitrogen and oxygen atoms in total. The van der Waals surface area contributed by atoms with Crippen molar-refractivity contribution >= 4 is 0 Å². The highest BCUT2D eigenvalue weighted by atomic mass is 19.1. The van der Waals surface area contributed by atoms with E-state index in [4.69, 9.17) is 10.00 Å². The van der Waals surface area contributed by atoms with Crippen molar-refractivity contribution in [2.75, 3.05) is 0 Å². The van der Waals surface area contributed by atoms with Crippen LogP contribution in [0.25, 0.3) is 0 Å². The van der Waals surface area contributed by atoms with Gasteiger partial charge in [0.2, 0.25) is 0 Å². The molecule has 1 N–H and O–H groups in total. The standard InChI is InChI=1S/C14H19FN2O/c1-10(8-16)18-13-6-11(5-12(15)7-13)9-17-14(2,3)4/h5-7,10,17H,9H2,1-4H3. The lowest BCUT2D eigenvalue weighted by Crippen LogP contribution is -2.35. The number of nitriles is 1. The maximum Gasteiger partial charge on any atom is 0.181 e. The zero-order valence-electron chi connectivity index (χ0n) is 11.2. The summed E-state index contributed by atoms with van der Waals surface area (Å²) in [4.78, 5) is 0. The van der Waals surface area contributed by atoms with Gasteiger partial charge in [-0.1, -0.05) is 0 Å². The molecule has 4 heteroatoms. The molecule has 0 aliphatic carbocycles. The summed E-state index contributed by atoms with van der Waals surface area (Å²) in [5.41, 5.74) is 0.762. The molecule has 0 spiro atoms. The van der Waals surface area contributed by atoms with Crippen LogP contribution in [0.15, 0.2) is 18.2 Å². The molecule has 18 heavy (non-hydrogen) atoms. The van der Waals surface area contributed by atoms with Gasteiger partial charge in [0, 0.05) is 18.2 Å². The van der Waals surface area contributed by atoms with Crippen LogP contribution in [0, 0.1) is 17.1 Å². The van der Waals surface area contributed by atoms with E-state index in [2.05, 4.69) is 5.32 Å². The van der Waals surface area contributed by atoms with Crippen LogP contribution in [0.4, 0.5) is 4.39 Å². The van der Waals surface area contributed by atoms with Crippen molar-refractivity contribution < 1.29 is 9.13 Å². The minimum atomic E-state index is -0.588. The van der Waals surface area contributed by atoms with Crippen molar-refractivity contribution in [1.29, 1.82) is 5.26 Å². The van der Waals surface area contributed by atoms with Crippen molar-refractivity contribution in [3.63, 3.8) is 0 Å². The van der Waals surface area contributed by atoms with E-state index in [0.717, 1.165) is 5.56 Å². The molecule has 0 aromatic heterocycles. The lowest BCUT2D eigenvalue weighted by molar-refractivity contribution is 0.274. The number of benzene rings is 1. The number of nitrogens with one attached hydrogen (secondary N) is 1. The third-order valence-electron chi connectivity index (χ3n) is 2.25. The van der Waals surface area contributed by atoms with E-state index in [1.807, 2.05) is 26.8 Å². The van der Waals surface area contributed by atoms with E-state index in [9.17, 15) is 4.39 Å². The van der Waals surface area contributed by atoms with E-state index in [1.54, 1.807) is 13.0 Å². The normalized spacial score (nSPS) is 12.9. The Morgan fingerprint density at radius 2 is 2.06 bits per heavy atom. The minimum Gasteiger partial charge on any atom is -0.476 e. The van der Waals surface area contributed by atoms with Crippen LogP contribution in [0.1, 0.15) is 33.3 Å². The van der Waals surface area contributed by atoms with Crippen LogP contribution in [0.3, 0.4) is 0 Å². The van der Waals surface area contributed by atoms with Gasteiger partial charge in [-0.3, -0.25) is 0 Å². The molecule has 0 heterocycles. The van der Waals surface area contributed by atoms with Crippen LogP contribution in [-0.4, -0.2) is 11.6 Å². The molecule has 1 aromatic rings. The summed E-state index contributed by atoms with van der Waals surface area (Å²) < 4.78 is 18.7. The summed E-state index contributed by atoms with van der Waals surface area (Å²) in [6.07, 6.45) is -0.588. The third-order valence-corrected chi connectivity index (χ3v) is 2.25. The van der Waals surface area contributed by atoms with Crippen molar-refractivity contribution in [3.8, 4) is 11.8 Å². The fraction of sp³-hybridized carbons (Fsp3) is 0.500. The Bertz CT molecular complexity index is 446. The lowest BCUT2D eigenvalue weighted by atomic mass is 10.1. The first-order valence-electron chi connectivity index (χ1n) is 5.91. The summed E-state index contributed by atoms with van der Waals surface area (Å²) in [6, 6.07) is 6.44. The highest BCUT2D eigenvalue weighted by Gasteiger charge is 2.10. The molecule has 0 aliphatic rings. The van der Waals surface area contributed by atoms with Crippen LogP contribution in [0.5, 0.6) is 5.75 Å². The summed E-state index contributed by atoms with van der Waals surface area (Å²) >= 11 is 0. The predicted molar refractivity (Wildman–Crippen MR) is 68.7 cm³/mol. The number of nitrogens with zero attached hydrogens (tertiary/aromatic N) is 1. The molecule has 0 amide bonds. The number of ether oxygens (including phenoxy) is 1. The van der Waals surface area contributed by atoms with Gasteiger partial charge in [0.25, 0.3) is 0 Å². The van der Waals surface area contributed by atoms with E-state index in [1.165, 1.54) is 12.1 Å². The fourth-order valence-electron chi connectivity index (χ4n) is 1.39. The molecule has 1 unspecified atom stereocenters. The van der Waals surface area contributed by atoms with E-state index in [-0.39, 0.29) is 11.4 Å². The maximum absolute atomic E-state index is 13.4. The zero-order chi connectivity index (χ0) is 13.8. The summed E-state index contributed by atoms with van der Waals surface area (Å²) in [7, 11) is 0. The topological polar surface area (TPSA) is 45.0 Å². The lowest BCUT2D eigenvalue weighted by Gasteiger charge is -2.21. The van der Waals surface area contributed by atoms with E-state index >= 15 is 0 Å². The molecule has 1 rings (SSSR count). The van der Waals surface area contributed by atoms with Crippen molar-refractivity contribution in [2.24, 2.45) is 0 Å². The first-order chi connectivity index (χ1) is 8.30. The van der Waals surface area contributed by atoms with Crippen molar-refractivity contribution in [1.82, 2.24) is 5.32 Å². The second-order valence-electron chi connectivity index (χ2n) is 5.29. The average Bonchev–Trinajstić information content (AvgIpc) is 2.24. The molecule has 0 fully saturated rings. The summed E-state index contributed by atoms with van der Waals surface area (Å²) in [6.45, 7) is 8.31. The third kappa shape index (κ3) is 5.15. The Kier molecular flexibility index (Phi) is 4.69. The van der Waals surface area contributed by atoms with Gasteiger partial charge >= 0.3 is 0 Å². The van der Waals surface area contributed by atoms with Crippen LogP contribution in [-0.2, 0) is 6.54 Å². The van der Waals surface area contributed by atoms with Gasteiger partial charge in [-0.15, -0.1) is 0 Å². The van der Waals surface area contributed by atoms with Crippen molar-refractivity contribution in [2.45, 2.75) is 45.9 Å². The van der Waals surface area contributed by atoms with Crippen LogP contribution in [0.2, 0.25) is 0 Å². The van der Waals surface area contributed by atoms with Gasteiger partial charge in [0.1, 0.15) is 17.6 Å². The van der Waals surface area contributed by atoms with E-state index in [0.29, 0.717) is 12.3 Å². The van der Waals surface area contributed by atoms with Crippen LogP contribution >= 0.6 is 0 Å². The highest BCUT2D eigenvalue weighted by Crippen LogP contribution is 2.18. The van der Waals surface area contributed by atoms with Gasteiger partial charge in [0.05, 0.1) is 0 Å². The fourth-order valence-corrected chi connectivity index (χ4v) is 1.39. The molecule has 0 saturated carbocycles. The Labute approximate surface area is 108 Å². The Morgan fingerprint density at radius 3 is 2.61 bits per heavy atom. The minimum absolute atomic E-state index is 0.0344. The maximum atomic E-state index is 13.4. The first kappa shape index (κ1) is 14.5. The zero-order valence-corrected chi connectivity index (χ0v) is 11.2. The van der Waals surface area contributed by atoms with Gasteiger partial charge in [-0.25, -0.2) is 4.39 Å². The molecular weight excluding hydrogens is 231 g/mol. The first-order valence-corrected chi connectivity index (χ1v) is 5.91. The molecular formula is C14H19FN2O. The predicted octanol–water partition coefficient (Wildman–Crippen LogP) is 3.00. The molecule has 0 radical (unpaired) electrons. The number of hydrogen-bond donors (Lipinski definition) is 1. The number of halogens is 1. The summed E-state index contributed by atoms with van der Waals surface area (Å²) in [5.74, 6) is 0.0260. The quantitative estimate of drug-likeness (QED) is 0.893. The molecule has 1 atom stereocenters. The van der Waals surface area contributed by atoms with Gasteiger partial charge in [-0.2, -0.15) is 5.26 Å². The second kappa shape index (κ2) is 5.83.